The number of methoxy groups -OCH3 is 1. The van der Waals surface area contributed by atoms with Crippen LogP contribution in [-0.4, -0.2) is 35.9 Å². The molecule has 0 bridgehead atoms. The Hall–Kier alpha value is -2.57. The Bertz CT molecular complexity index is 713. The molecule has 0 radical (unpaired) electrons. The number of ether oxygens (including phenoxy) is 1. The summed E-state index contributed by atoms with van der Waals surface area (Å²) in [5, 5.41) is 10.7. The highest BCUT2D eigenvalue weighted by Crippen LogP contribution is 2.21. The Morgan fingerprint density at radius 3 is 2.84 bits per heavy atom. The number of nitrogens with zero attached hydrogens (tertiary/aromatic N) is 3. The number of aliphatic imine (C=N–C) groups is 1. The maximum Gasteiger partial charge on any atom is 0.191 e. The first-order valence-electron chi connectivity index (χ1n) is 8.40. The molecule has 6 nitrogen and oxygen atoms in total. The van der Waals surface area contributed by atoms with Crippen molar-refractivity contribution in [3.63, 3.8) is 0 Å². The summed E-state index contributed by atoms with van der Waals surface area (Å²) < 4.78 is 20.7. The highest BCUT2D eigenvalue weighted by atomic mass is 19.1. The van der Waals surface area contributed by atoms with E-state index in [-0.39, 0.29) is 17.6 Å². The molecular formula is C18H26FN5O. The number of hydrogen-bond acceptors (Lipinski definition) is 3. The van der Waals surface area contributed by atoms with Crippen molar-refractivity contribution in [3.05, 3.63) is 47.5 Å². The Labute approximate surface area is 148 Å². The molecule has 2 aromatic rings. The molecule has 0 aliphatic rings. The fourth-order valence-electron chi connectivity index (χ4n) is 2.41. The van der Waals surface area contributed by atoms with Crippen LogP contribution in [-0.2, 0) is 6.54 Å². The van der Waals surface area contributed by atoms with Gasteiger partial charge < -0.3 is 15.4 Å². The van der Waals surface area contributed by atoms with Gasteiger partial charge in [0.05, 0.1) is 32.4 Å². The minimum Gasteiger partial charge on any atom is -0.494 e. The van der Waals surface area contributed by atoms with Crippen LogP contribution in [0.15, 0.2) is 35.6 Å². The van der Waals surface area contributed by atoms with Gasteiger partial charge in [-0.1, -0.05) is 6.07 Å². The standard InChI is InChI=1S/C18H26FN5O/c1-5-20-18(21-8-9-24-12-13(2)11-22-24)23-14(3)15-6-7-17(25-4)16(19)10-15/h6-7,10-12,14H,5,8-9H2,1-4H3,(H2,20,21,23). The number of nitrogens with one attached hydrogen (secondary N) is 2. The molecule has 7 heteroatoms. The van der Waals surface area contributed by atoms with Gasteiger partial charge in [-0.3, -0.25) is 9.67 Å². The van der Waals surface area contributed by atoms with Crippen molar-refractivity contribution in [3.8, 4) is 5.75 Å². The summed E-state index contributed by atoms with van der Waals surface area (Å²) in [6.07, 6.45) is 3.81. The summed E-state index contributed by atoms with van der Waals surface area (Å²) in [5.74, 6) is 0.561. The summed E-state index contributed by atoms with van der Waals surface area (Å²) in [6, 6.07) is 4.86. The number of rotatable bonds is 7. The van der Waals surface area contributed by atoms with Crippen LogP contribution in [0.1, 0.15) is 31.0 Å². The molecule has 0 aliphatic carbocycles. The van der Waals surface area contributed by atoms with Crippen molar-refractivity contribution in [1.29, 1.82) is 0 Å². The van der Waals surface area contributed by atoms with Crippen molar-refractivity contribution in [1.82, 2.24) is 20.4 Å². The Morgan fingerprint density at radius 2 is 2.24 bits per heavy atom. The maximum absolute atomic E-state index is 13.9. The van der Waals surface area contributed by atoms with Crippen LogP contribution >= 0.6 is 0 Å². The molecule has 2 rings (SSSR count). The first kappa shape index (κ1) is 18.8. The fraction of sp³-hybridized carbons (Fsp3) is 0.444. The predicted octanol–water partition coefficient (Wildman–Crippen LogP) is 2.66. The highest BCUT2D eigenvalue weighted by Gasteiger charge is 2.11. The smallest absolute Gasteiger partial charge is 0.191 e. The molecule has 0 amide bonds. The van der Waals surface area contributed by atoms with E-state index in [2.05, 4.69) is 20.7 Å². The highest BCUT2D eigenvalue weighted by molar-refractivity contribution is 5.80. The van der Waals surface area contributed by atoms with E-state index in [0.29, 0.717) is 19.0 Å². The molecule has 0 saturated heterocycles. The SMILES string of the molecule is CCNC(=NCCn1cc(C)cn1)NC(C)c1ccc(OC)c(F)c1. The van der Waals surface area contributed by atoms with Gasteiger partial charge in [0.2, 0.25) is 0 Å². The van der Waals surface area contributed by atoms with Crippen molar-refractivity contribution >= 4 is 5.96 Å². The maximum atomic E-state index is 13.9. The number of halogens is 1. The fourth-order valence-corrected chi connectivity index (χ4v) is 2.41. The van der Waals surface area contributed by atoms with E-state index in [9.17, 15) is 4.39 Å². The molecular weight excluding hydrogens is 321 g/mol. The van der Waals surface area contributed by atoms with Gasteiger partial charge in [-0.25, -0.2) is 4.39 Å². The lowest BCUT2D eigenvalue weighted by atomic mass is 10.1. The van der Waals surface area contributed by atoms with Gasteiger partial charge >= 0.3 is 0 Å². The van der Waals surface area contributed by atoms with Crippen LogP contribution in [0.25, 0.3) is 0 Å². The second kappa shape index (κ2) is 9.05. The van der Waals surface area contributed by atoms with Crippen molar-refractivity contribution < 1.29 is 9.13 Å². The topological polar surface area (TPSA) is 63.5 Å². The van der Waals surface area contributed by atoms with Gasteiger partial charge in [0.15, 0.2) is 17.5 Å². The monoisotopic (exact) mass is 347 g/mol. The number of hydrogen-bond donors (Lipinski definition) is 2. The Morgan fingerprint density at radius 1 is 1.44 bits per heavy atom. The third-order valence-electron chi connectivity index (χ3n) is 3.73. The van der Waals surface area contributed by atoms with Crippen molar-refractivity contribution in [2.24, 2.45) is 4.99 Å². The first-order valence-corrected chi connectivity index (χ1v) is 8.40. The third kappa shape index (κ3) is 5.48. The predicted molar refractivity (Wildman–Crippen MR) is 97.4 cm³/mol. The second-order valence-electron chi connectivity index (χ2n) is 5.80. The normalized spacial score (nSPS) is 12.8. The van der Waals surface area contributed by atoms with E-state index in [1.807, 2.05) is 43.9 Å². The largest absolute Gasteiger partial charge is 0.494 e. The van der Waals surface area contributed by atoms with Crippen LogP contribution < -0.4 is 15.4 Å². The second-order valence-corrected chi connectivity index (χ2v) is 5.80. The summed E-state index contributed by atoms with van der Waals surface area (Å²) in [6.45, 7) is 8.03. The van der Waals surface area contributed by atoms with Crippen molar-refractivity contribution in [2.45, 2.75) is 33.4 Å². The summed E-state index contributed by atoms with van der Waals surface area (Å²) >= 11 is 0. The summed E-state index contributed by atoms with van der Waals surface area (Å²) in [7, 11) is 1.46. The van der Waals surface area contributed by atoms with Gasteiger partial charge in [-0.05, 0) is 44.0 Å². The van der Waals surface area contributed by atoms with Gasteiger partial charge in [-0.15, -0.1) is 0 Å². The summed E-state index contributed by atoms with van der Waals surface area (Å²) in [4.78, 5) is 4.55. The lowest BCUT2D eigenvalue weighted by Gasteiger charge is -2.18. The van der Waals surface area contributed by atoms with Crippen LogP contribution in [0.4, 0.5) is 4.39 Å². The molecule has 25 heavy (non-hydrogen) atoms. The van der Waals surface area contributed by atoms with E-state index in [4.69, 9.17) is 4.74 Å². The summed E-state index contributed by atoms with van der Waals surface area (Å²) in [5.41, 5.74) is 1.95. The minimum absolute atomic E-state index is 0.0925. The first-order chi connectivity index (χ1) is 12.0. The van der Waals surface area contributed by atoms with Gasteiger partial charge in [0.1, 0.15) is 0 Å². The number of benzene rings is 1. The molecule has 2 N–H and O–H groups in total. The molecule has 0 fully saturated rings. The minimum atomic E-state index is -0.371. The number of aromatic nitrogens is 2. The average molecular weight is 347 g/mol. The molecule has 0 aliphatic heterocycles. The van der Waals surface area contributed by atoms with E-state index in [1.54, 1.807) is 6.07 Å². The molecule has 1 atom stereocenters. The van der Waals surface area contributed by atoms with E-state index < -0.39 is 0 Å². The van der Waals surface area contributed by atoms with Crippen LogP contribution in [0, 0.1) is 12.7 Å². The zero-order chi connectivity index (χ0) is 18.2. The third-order valence-corrected chi connectivity index (χ3v) is 3.73. The average Bonchev–Trinajstić information content (AvgIpc) is 3.00. The quantitative estimate of drug-likeness (QED) is 0.597. The zero-order valence-electron chi connectivity index (χ0n) is 15.2. The number of guanidine groups is 1. The Balaban J connectivity index is 1.99. The lowest BCUT2D eigenvalue weighted by molar-refractivity contribution is 0.386. The van der Waals surface area contributed by atoms with Crippen LogP contribution in [0.3, 0.4) is 0 Å². The van der Waals surface area contributed by atoms with Crippen molar-refractivity contribution in [2.75, 3.05) is 20.2 Å². The van der Waals surface area contributed by atoms with E-state index in [1.165, 1.54) is 13.2 Å². The Kier molecular flexibility index (Phi) is 6.80. The lowest BCUT2D eigenvalue weighted by Crippen LogP contribution is -2.39. The molecule has 0 spiro atoms. The molecule has 136 valence electrons. The molecule has 1 unspecified atom stereocenters. The van der Waals surface area contributed by atoms with Crippen LogP contribution in [0.2, 0.25) is 0 Å². The molecule has 0 saturated carbocycles. The van der Waals surface area contributed by atoms with E-state index >= 15 is 0 Å². The van der Waals surface area contributed by atoms with Gasteiger partial charge in [-0.2, -0.15) is 5.10 Å². The zero-order valence-corrected chi connectivity index (χ0v) is 15.2. The number of aryl methyl sites for hydroxylation is 1. The van der Waals surface area contributed by atoms with E-state index in [0.717, 1.165) is 17.7 Å². The molecule has 1 aromatic heterocycles. The molecule has 1 aromatic carbocycles. The van der Waals surface area contributed by atoms with Gasteiger partial charge in [0, 0.05) is 12.7 Å². The van der Waals surface area contributed by atoms with Crippen LogP contribution in [0.5, 0.6) is 5.75 Å². The van der Waals surface area contributed by atoms with Gasteiger partial charge in [0.25, 0.3) is 0 Å². The molecule has 1 heterocycles.